The minimum absolute atomic E-state index is 0.107. The van der Waals surface area contributed by atoms with Crippen LogP contribution >= 0.6 is 0 Å². The van der Waals surface area contributed by atoms with Crippen molar-refractivity contribution in [1.29, 1.82) is 0 Å². The zero-order valence-corrected chi connectivity index (χ0v) is 15.3. The number of rotatable bonds is 8. The highest BCUT2D eigenvalue weighted by atomic mass is 19.4. The highest BCUT2D eigenvalue weighted by molar-refractivity contribution is 5.96. The predicted octanol–water partition coefficient (Wildman–Crippen LogP) is 2.27. The van der Waals surface area contributed by atoms with Gasteiger partial charge in [-0.15, -0.1) is 0 Å². The standard InChI is InChI=1S/C19H17F5N2O4/c20-13-4-11(5-14(21)7-13)18(29)26-9-17(28)25-8-15(27)10-30-16-3-1-2-12(6-16)19(22,23)24/h1-7,15,27H,8-10H2,(H,25,28)(H,26,29). The Labute approximate surface area is 167 Å². The van der Waals surface area contributed by atoms with Crippen LogP contribution in [0.4, 0.5) is 22.0 Å². The van der Waals surface area contributed by atoms with Crippen LogP contribution in [0.5, 0.6) is 5.75 Å². The summed E-state index contributed by atoms with van der Waals surface area (Å²) in [4.78, 5) is 23.5. The molecule has 0 saturated heterocycles. The molecule has 30 heavy (non-hydrogen) atoms. The fourth-order valence-corrected chi connectivity index (χ4v) is 2.26. The second-order valence-corrected chi connectivity index (χ2v) is 6.14. The number of halogens is 5. The maximum absolute atomic E-state index is 13.1. The van der Waals surface area contributed by atoms with Gasteiger partial charge in [0.1, 0.15) is 30.1 Å². The summed E-state index contributed by atoms with van der Waals surface area (Å²) in [6.07, 6.45) is -5.77. The van der Waals surface area contributed by atoms with Gasteiger partial charge in [0.15, 0.2) is 0 Å². The third-order valence-electron chi connectivity index (χ3n) is 3.67. The van der Waals surface area contributed by atoms with Crippen LogP contribution in [0.1, 0.15) is 15.9 Å². The van der Waals surface area contributed by atoms with Gasteiger partial charge >= 0.3 is 6.18 Å². The summed E-state index contributed by atoms with van der Waals surface area (Å²) in [5.41, 5.74) is -1.22. The molecule has 0 saturated carbocycles. The summed E-state index contributed by atoms with van der Waals surface area (Å²) in [6, 6.07) is 6.26. The third kappa shape index (κ3) is 7.32. The Morgan fingerprint density at radius 3 is 2.33 bits per heavy atom. The molecule has 3 N–H and O–H groups in total. The molecule has 2 rings (SSSR count). The van der Waals surface area contributed by atoms with E-state index in [2.05, 4.69) is 10.6 Å². The van der Waals surface area contributed by atoms with Gasteiger partial charge in [0.05, 0.1) is 12.1 Å². The first kappa shape index (κ1) is 23.1. The van der Waals surface area contributed by atoms with Crippen molar-refractivity contribution in [3.8, 4) is 5.75 Å². The minimum atomic E-state index is -4.53. The molecule has 2 amide bonds. The van der Waals surface area contributed by atoms with E-state index >= 15 is 0 Å². The van der Waals surface area contributed by atoms with E-state index in [1.165, 1.54) is 6.07 Å². The quantitative estimate of drug-likeness (QED) is 0.559. The number of aliphatic hydroxyl groups excluding tert-OH is 1. The molecule has 0 fully saturated rings. The molecule has 1 atom stereocenters. The number of carbonyl (C=O) groups excluding carboxylic acids is 2. The summed E-state index contributed by atoms with van der Waals surface area (Å²) in [6.45, 7) is -1.23. The zero-order valence-electron chi connectivity index (χ0n) is 15.3. The monoisotopic (exact) mass is 432 g/mol. The molecule has 0 aliphatic carbocycles. The number of carbonyl (C=O) groups is 2. The van der Waals surface area contributed by atoms with Gasteiger partial charge < -0.3 is 20.5 Å². The molecule has 162 valence electrons. The maximum atomic E-state index is 13.1. The molecule has 0 bridgehead atoms. The molecule has 0 spiro atoms. The van der Waals surface area contributed by atoms with Crippen molar-refractivity contribution in [2.24, 2.45) is 0 Å². The third-order valence-corrected chi connectivity index (χ3v) is 3.67. The number of benzene rings is 2. The molecule has 0 heterocycles. The van der Waals surface area contributed by atoms with Gasteiger partial charge in [-0.25, -0.2) is 8.78 Å². The van der Waals surface area contributed by atoms with Gasteiger partial charge in [0.25, 0.3) is 5.91 Å². The number of ether oxygens (including phenoxy) is 1. The number of nitrogens with one attached hydrogen (secondary N) is 2. The topological polar surface area (TPSA) is 87.7 Å². The van der Waals surface area contributed by atoms with Crippen molar-refractivity contribution in [1.82, 2.24) is 10.6 Å². The molecule has 0 aromatic heterocycles. The fraction of sp³-hybridized carbons (Fsp3) is 0.263. The molecule has 2 aromatic rings. The molecule has 1 unspecified atom stereocenters. The summed E-state index contributed by atoms with van der Waals surface area (Å²) < 4.78 is 69.1. The van der Waals surface area contributed by atoms with Crippen LogP contribution in [0.2, 0.25) is 0 Å². The van der Waals surface area contributed by atoms with Crippen molar-refractivity contribution in [3.05, 3.63) is 65.2 Å². The van der Waals surface area contributed by atoms with E-state index in [0.29, 0.717) is 6.07 Å². The van der Waals surface area contributed by atoms with Crippen molar-refractivity contribution in [2.45, 2.75) is 12.3 Å². The fourth-order valence-electron chi connectivity index (χ4n) is 2.26. The number of alkyl halides is 3. The Bertz CT molecular complexity index is 884. The average Bonchev–Trinajstić information content (AvgIpc) is 2.67. The lowest BCUT2D eigenvalue weighted by Crippen LogP contribution is -2.41. The normalized spacial score (nSPS) is 12.2. The number of hydrogen-bond acceptors (Lipinski definition) is 4. The lowest BCUT2D eigenvalue weighted by atomic mass is 10.2. The Hall–Kier alpha value is -3.21. The maximum Gasteiger partial charge on any atom is 0.416 e. The van der Waals surface area contributed by atoms with Crippen molar-refractivity contribution < 1.29 is 41.4 Å². The summed E-state index contributed by atoms with van der Waals surface area (Å²) in [7, 11) is 0. The second-order valence-electron chi connectivity index (χ2n) is 6.14. The molecular weight excluding hydrogens is 415 g/mol. The van der Waals surface area contributed by atoms with E-state index < -0.39 is 54.4 Å². The molecule has 0 radical (unpaired) electrons. The average molecular weight is 432 g/mol. The Morgan fingerprint density at radius 2 is 1.70 bits per heavy atom. The number of aliphatic hydroxyl groups is 1. The van der Waals surface area contributed by atoms with Crippen LogP contribution < -0.4 is 15.4 Å². The van der Waals surface area contributed by atoms with Crippen LogP contribution in [0, 0.1) is 11.6 Å². The van der Waals surface area contributed by atoms with Gasteiger partial charge in [-0.3, -0.25) is 9.59 Å². The van der Waals surface area contributed by atoms with E-state index in [1.54, 1.807) is 0 Å². The van der Waals surface area contributed by atoms with Crippen LogP contribution in [0.25, 0.3) is 0 Å². The van der Waals surface area contributed by atoms with Gasteiger partial charge in [-0.05, 0) is 30.3 Å². The van der Waals surface area contributed by atoms with Crippen molar-refractivity contribution in [2.75, 3.05) is 19.7 Å². The molecule has 6 nitrogen and oxygen atoms in total. The lowest BCUT2D eigenvalue weighted by Gasteiger charge is -2.14. The summed E-state index contributed by atoms with van der Waals surface area (Å²) in [5, 5.41) is 14.2. The van der Waals surface area contributed by atoms with Gasteiger partial charge in [-0.2, -0.15) is 13.2 Å². The van der Waals surface area contributed by atoms with E-state index in [9.17, 15) is 36.6 Å². The SMILES string of the molecule is O=C(CNC(=O)c1cc(F)cc(F)c1)NCC(O)COc1cccc(C(F)(F)F)c1. The highest BCUT2D eigenvalue weighted by Gasteiger charge is 2.30. The van der Waals surface area contributed by atoms with Gasteiger partial charge in [-0.1, -0.05) is 6.07 Å². The van der Waals surface area contributed by atoms with Gasteiger partial charge in [0.2, 0.25) is 5.91 Å². The first-order chi connectivity index (χ1) is 14.0. The number of hydrogen-bond donors (Lipinski definition) is 3. The van der Waals surface area contributed by atoms with Crippen LogP contribution in [-0.4, -0.2) is 42.7 Å². The smallest absolute Gasteiger partial charge is 0.416 e. The minimum Gasteiger partial charge on any atom is -0.491 e. The first-order valence-electron chi connectivity index (χ1n) is 8.53. The molecule has 2 aromatic carbocycles. The number of amides is 2. The first-order valence-corrected chi connectivity index (χ1v) is 8.53. The van der Waals surface area contributed by atoms with E-state index in [-0.39, 0.29) is 17.9 Å². The molecule has 0 aliphatic heterocycles. The largest absolute Gasteiger partial charge is 0.491 e. The van der Waals surface area contributed by atoms with E-state index in [4.69, 9.17) is 4.74 Å². The lowest BCUT2D eigenvalue weighted by molar-refractivity contribution is -0.137. The van der Waals surface area contributed by atoms with Crippen molar-refractivity contribution >= 4 is 11.8 Å². The highest BCUT2D eigenvalue weighted by Crippen LogP contribution is 2.31. The van der Waals surface area contributed by atoms with Crippen LogP contribution in [0.3, 0.4) is 0 Å². The second kappa shape index (κ2) is 10.0. The summed E-state index contributed by atoms with van der Waals surface area (Å²) >= 11 is 0. The van der Waals surface area contributed by atoms with Gasteiger partial charge in [0, 0.05) is 18.2 Å². The Kier molecular flexibility index (Phi) is 7.70. The van der Waals surface area contributed by atoms with Crippen LogP contribution in [0.15, 0.2) is 42.5 Å². The Balaban J connectivity index is 1.73. The van der Waals surface area contributed by atoms with E-state index in [0.717, 1.165) is 30.3 Å². The molecule has 0 aliphatic rings. The Morgan fingerprint density at radius 1 is 1.03 bits per heavy atom. The van der Waals surface area contributed by atoms with E-state index in [1.807, 2.05) is 0 Å². The van der Waals surface area contributed by atoms with Crippen molar-refractivity contribution in [3.63, 3.8) is 0 Å². The predicted molar refractivity (Wildman–Crippen MR) is 94.6 cm³/mol. The zero-order chi connectivity index (χ0) is 22.3. The summed E-state index contributed by atoms with van der Waals surface area (Å²) in [5.74, 6) is -3.60. The molecule has 11 heteroatoms. The molecular formula is C19H17F5N2O4. The van der Waals surface area contributed by atoms with Crippen LogP contribution in [-0.2, 0) is 11.0 Å².